The van der Waals surface area contributed by atoms with E-state index in [1.807, 2.05) is 0 Å². The molecule has 10 heteroatoms. The summed E-state index contributed by atoms with van der Waals surface area (Å²) < 4.78 is 34.4. The van der Waals surface area contributed by atoms with E-state index in [1.54, 1.807) is 0 Å². The number of rotatable bonds is 0. The molecule has 0 aliphatic carbocycles. The fraction of sp³-hybridized carbons (Fsp3) is 0.400. The summed E-state index contributed by atoms with van der Waals surface area (Å²) in [6.07, 6.45) is -4.78. The van der Waals surface area contributed by atoms with Crippen LogP contribution in [0.15, 0.2) is 0 Å². The van der Waals surface area contributed by atoms with Gasteiger partial charge in [0.05, 0.1) is 0 Å². The van der Waals surface area contributed by atoms with E-state index in [2.05, 4.69) is 15.0 Å². The molecule has 1 heterocycles. The summed E-state index contributed by atoms with van der Waals surface area (Å²) in [5.74, 6) is -2.85. The highest BCUT2D eigenvalue weighted by Crippen LogP contribution is 2.37. The van der Waals surface area contributed by atoms with Gasteiger partial charge in [-0.2, -0.15) is 23.1 Å². The van der Waals surface area contributed by atoms with Gasteiger partial charge in [-0.15, -0.1) is 0 Å². The van der Waals surface area contributed by atoms with Gasteiger partial charge in [0.25, 0.3) is 0 Å². The molecule has 4 nitrogen and oxygen atoms in total. The number of nitrogens with zero attached hydrogens (tertiary/aromatic N) is 3. The Balaban J connectivity index is 3.30. The molecule has 1 aromatic heterocycles. The Morgan fingerprint density at radius 3 is 1.80 bits per heavy atom. The fourth-order valence-electron chi connectivity index (χ4n) is 0.646. The van der Waals surface area contributed by atoms with Crippen molar-refractivity contribution in [3.63, 3.8) is 0 Å². The maximum Gasteiger partial charge on any atom is 0.451 e. The minimum absolute atomic E-state index is 0.668. The van der Waals surface area contributed by atoms with E-state index in [0.717, 1.165) is 0 Å². The van der Waals surface area contributed by atoms with E-state index in [9.17, 15) is 13.2 Å². The van der Waals surface area contributed by atoms with Crippen LogP contribution in [-0.4, -0.2) is 15.0 Å². The van der Waals surface area contributed by atoms with Crippen molar-refractivity contribution in [2.75, 3.05) is 5.73 Å². The molecule has 0 bridgehead atoms. The number of halogens is 6. The maximum absolute atomic E-state index is 12.2. The molecule has 0 saturated carbocycles. The zero-order valence-electron chi connectivity index (χ0n) is 6.69. The van der Waals surface area contributed by atoms with Gasteiger partial charge in [0, 0.05) is 0 Å². The molecule has 0 aromatic carbocycles. The summed E-state index contributed by atoms with van der Waals surface area (Å²) in [6, 6.07) is 0. The predicted molar refractivity (Wildman–Crippen MR) is 48.5 cm³/mol. The van der Waals surface area contributed by atoms with Crippen LogP contribution in [0.3, 0.4) is 0 Å². The molecule has 2 N–H and O–H groups in total. The molecular formula is C5H2Cl3F3N4. The van der Waals surface area contributed by atoms with Crippen molar-refractivity contribution < 1.29 is 13.2 Å². The van der Waals surface area contributed by atoms with E-state index >= 15 is 0 Å². The molecule has 15 heavy (non-hydrogen) atoms. The predicted octanol–water partition coefficient (Wildman–Crippen LogP) is 2.30. The van der Waals surface area contributed by atoms with E-state index in [1.165, 1.54) is 0 Å². The Kier molecular flexibility index (Phi) is 3.18. The van der Waals surface area contributed by atoms with Crippen molar-refractivity contribution in [2.45, 2.75) is 9.97 Å². The van der Waals surface area contributed by atoms with Gasteiger partial charge in [0.15, 0.2) is 5.82 Å². The van der Waals surface area contributed by atoms with Crippen LogP contribution in [0, 0.1) is 0 Å². The minimum Gasteiger partial charge on any atom is -0.368 e. The molecule has 0 unspecified atom stereocenters. The summed E-state index contributed by atoms with van der Waals surface area (Å²) in [6.45, 7) is 0. The van der Waals surface area contributed by atoms with E-state index in [4.69, 9.17) is 40.5 Å². The summed E-state index contributed by atoms with van der Waals surface area (Å²) in [4.78, 5) is 9.10. The smallest absolute Gasteiger partial charge is 0.368 e. The monoisotopic (exact) mass is 280 g/mol. The Morgan fingerprint density at radius 1 is 0.933 bits per heavy atom. The van der Waals surface area contributed by atoms with Gasteiger partial charge < -0.3 is 5.73 Å². The van der Waals surface area contributed by atoms with Crippen molar-refractivity contribution >= 4 is 40.8 Å². The first kappa shape index (κ1) is 12.5. The molecule has 1 rings (SSSR count). The summed E-state index contributed by atoms with van der Waals surface area (Å²) in [7, 11) is 0. The third kappa shape index (κ3) is 3.22. The second-order valence-electron chi connectivity index (χ2n) is 2.34. The molecule has 0 saturated heterocycles. The standard InChI is InChI=1S/C5H2Cl3F3N4/c6-4(7,8)1-13-2(5(9,10)11)15-3(12)14-1/h(H2,12,13,14,15). The number of nitrogen functional groups attached to an aromatic ring is 1. The van der Waals surface area contributed by atoms with Crippen LogP contribution >= 0.6 is 34.8 Å². The van der Waals surface area contributed by atoms with Crippen molar-refractivity contribution in [3.05, 3.63) is 11.6 Å². The molecule has 0 aliphatic rings. The van der Waals surface area contributed by atoms with Crippen LogP contribution in [0.5, 0.6) is 0 Å². The molecule has 0 fully saturated rings. The normalized spacial score (nSPS) is 12.9. The average Bonchev–Trinajstić information content (AvgIpc) is 1.99. The molecule has 0 aliphatic heterocycles. The Morgan fingerprint density at radius 2 is 1.40 bits per heavy atom. The van der Waals surface area contributed by atoms with Crippen molar-refractivity contribution in [3.8, 4) is 0 Å². The van der Waals surface area contributed by atoms with Gasteiger partial charge in [0.2, 0.25) is 15.6 Å². The Hall–Kier alpha value is -0.530. The van der Waals surface area contributed by atoms with Crippen LogP contribution in [0.2, 0.25) is 0 Å². The largest absolute Gasteiger partial charge is 0.451 e. The SMILES string of the molecule is Nc1nc(C(F)(F)F)nc(C(Cl)(Cl)Cl)n1. The van der Waals surface area contributed by atoms with E-state index in [0.29, 0.717) is 0 Å². The number of anilines is 1. The fourth-order valence-corrected chi connectivity index (χ4v) is 0.899. The Bertz CT molecular complexity index is 343. The van der Waals surface area contributed by atoms with E-state index < -0.39 is 27.6 Å². The molecule has 0 spiro atoms. The number of nitrogens with two attached hydrogens (primary N) is 1. The molecule has 0 amide bonds. The third-order valence-electron chi connectivity index (χ3n) is 1.16. The lowest BCUT2D eigenvalue weighted by molar-refractivity contribution is -0.145. The highest BCUT2D eigenvalue weighted by atomic mass is 35.6. The molecule has 1 aromatic rings. The number of alkyl halides is 6. The molecule has 0 radical (unpaired) electrons. The zero-order valence-corrected chi connectivity index (χ0v) is 8.95. The molecule has 84 valence electrons. The van der Waals surface area contributed by atoms with Crippen LogP contribution in [0.25, 0.3) is 0 Å². The summed E-state index contributed by atoms with van der Waals surface area (Å²) in [5.41, 5.74) is 5.01. The number of hydrogen-bond acceptors (Lipinski definition) is 4. The Labute approximate surface area is 96.6 Å². The minimum atomic E-state index is -4.78. The number of hydrogen-bond donors (Lipinski definition) is 1. The van der Waals surface area contributed by atoms with Gasteiger partial charge >= 0.3 is 6.18 Å². The van der Waals surface area contributed by atoms with Crippen LogP contribution in [0.4, 0.5) is 19.1 Å². The van der Waals surface area contributed by atoms with Gasteiger partial charge in [-0.1, -0.05) is 34.8 Å². The lowest BCUT2D eigenvalue weighted by Crippen LogP contribution is -2.19. The van der Waals surface area contributed by atoms with Gasteiger partial charge in [-0.3, -0.25) is 0 Å². The summed E-state index contributed by atoms with van der Waals surface area (Å²) >= 11 is 15.9. The maximum atomic E-state index is 12.2. The second kappa shape index (κ2) is 3.80. The van der Waals surface area contributed by atoms with Crippen molar-refractivity contribution in [1.29, 1.82) is 0 Å². The van der Waals surface area contributed by atoms with Gasteiger partial charge in [0.1, 0.15) is 0 Å². The first-order valence-corrected chi connectivity index (χ1v) is 4.40. The first-order valence-electron chi connectivity index (χ1n) is 3.26. The van der Waals surface area contributed by atoms with Crippen molar-refractivity contribution in [2.24, 2.45) is 0 Å². The number of aromatic nitrogens is 3. The zero-order chi connectivity index (χ0) is 11.9. The highest BCUT2D eigenvalue weighted by molar-refractivity contribution is 6.66. The highest BCUT2D eigenvalue weighted by Gasteiger charge is 2.38. The molecular weight excluding hydrogens is 279 g/mol. The van der Waals surface area contributed by atoms with Gasteiger partial charge in [-0.05, 0) is 0 Å². The summed E-state index contributed by atoms with van der Waals surface area (Å²) in [5, 5.41) is 0. The van der Waals surface area contributed by atoms with Crippen LogP contribution < -0.4 is 5.73 Å². The van der Waals surface area contributed by atoms with Crippen LogP contribution in [-0.2, 0) is 9.97 Å². The molecule has 0 atom stereocenters. The van der Waals surface area contributed by atoms with Gasteiger partial charge in [-0.25, -0.2) is 4.98 Å². The third-order valence-corrected chi connectivity index (χ3v) is 1.67. The second-order valence-corrected chi connectivity index (χ2v) is 4.62. The van der Waals surface area contributed by atoms with Crippen LogP contribution in [0.1, 0.15) is 11.6 Å². The van der Waals surface area contributed by atoms with E-state index in [-0.39, 0.29) is 0 Å². The first-order chi connectivity index (χ1) is 6.60. The lowest BCUT2D eigenvalue weighted by Gasteiger charge is -2.11. The van der Waals surface area contributed by atoms with Crippen molar-refractivity contribution in [1.82, 2.24) is 15.0 Å². The average molecular weight is 281 g/mol. The quantitative estimate of drug-likeness (QED) is 0.741. The lowest BCUT2D eigenvalue weighted by atomic mass is 10.5. The topological polar surface area (TPSA) is 64.7 Å².